The molecule has 41 heavy (non-hydrogen) atoms. The Balaban J connectivity index is 1.52. The molecule has 2 aromatic carbocycles. The molecule has 0 radical (unpaired) electrons. The van der Waals surface area contributed by atoms with Crippen LogP contribution in [0.25, 0.3) is 10.8 Å². The summed E-state index contributed by atoms with van der Waals surface area (Å²) in [5, 5.41) is 11.5. The second-order valence-corrected chi connectivity index (χ2v) is 11.6. The number of benzene rings is 2. The number of likely N-dealkylation sites (tertiary alicyclic amines) is 1. The first-order valence-corrected chi connectivity index (χ1v) is 14.6. The number of nitrogens with zero attached hydrogens (tertiary/aromatic N) is 2. The third-order valence-electron chi connectivity index (χ3n) is 8.99. The van der Waals surface area contributed by atoms with Crippen LogP contribution in [0.3, 0.4) is 0 Å². The van der Waals surface area contributed by atoms with Crippen molar-refractivity contribution in [1.29, 1.82) is 0 Å². The maximum absolute atomic E-state index is 14.6. The van der Waals surface area contributed by atoms with E-state index in [4.69, 9.17) is 9.47 Å². The molecular weight excluding hydrogens is 520 g/mol. The molecule has 0 aliphatic carbocycles. The van der Waals surface area contributed by atoms with Crippen molar-refractivity contribution in [3.8, 4) is 0 Å². The SMILES string of the molecule is C=CCCCOC(=O)[C@@H]1[C@H]2C(=O)N(CCCCO)C(C(=O)N(CC=C)c3ccc4ccccc4c3)C23CC[C@@]1(C)O3. The highest BCUT2D eigenvalue weighted by molar-refractivity contribution is 6.05. The van der Waals surface area contributed by atoms with Crippen molar-refractivity contribution in [3.63, 3.8) is 0 Å². The number of aliphatic hydroxyl groups is 1. The van der Waals surface area contributed by atoms with Crippen LogP contribution in [-0.2, 0) is 23.9 Å². The summed E-state index contributed by atoms with van der Waals surface area (Å²) in [7, 11) is 0. The second-order valence-electron chi connectivity index (χ2n) is 11.6. The summed E-state index contributed by atoms with van der Waals surface area (Å²) < 4.78 is 12.4. The minimum Gasteiger partial charge on any atom is -0.465 e. The number of aliphatic hydroxyl groups excluding tert-OH is 1. The van der Waals surface area contributed by atoms with E-state index < -0.39 is 35.0 Å². The largest absolute Gasteiger partial charge is 0.465 e. The normalized spacial score (nSPS) is 28.1. The highest BCUT2D eigenvalue weighted by Crippen LogP contribution is 2.63. The van der Waals surface area contributed by atoms with Gasteiger partial charge in [0.1, 0.15) is 17.6 Å². The maximum Gasteiger partial charge on any atom is 0.312 e. The smallest absolute Gasteiger partial charge is 0.312 e. The van der Waals surface area contributed by atoms with Gasteiger partial charge in [-0.15, -0.1) is 13.2 Å². The standard InChI is InChI=1S/C33H40N2O6/c1-4-6-11-21-40-31(39)27-26-29(37)35(19-9-10-20-36)28(33(26)17-16-32(27,3)41-33)30(38)34(18-5-2)25-15-14-23-12-7-8-13-24(23)22-25/h4-5,7-8,12-15,22,26-28,36H,1-2,6,9-11,16-21H2,3H3/t26-,27-,28?,32+,33?/m0/s1. The predicted molar refractivity (Wildman–Crippen MR) is 157 cm³/mol. The van der Waals surface area contributed by atoms with Gasteiger partial charge in [-0.05, 0) is 68.4 Å². The minimum atomic E-state index is -1.14. The Bertz CT molecular complexity index is 1340. The number of unbranched alkanes of at least 4 members (excludes halogenated alkanes) is 2. The van der Waals surface area contributed by atoms with Gasteiger partial charge in [0, 0.05) is 25.4 Å². The van der Waals surface area contributed by atoms with Crippen molar-refractivity contribution in [2.45, 2.75) is 62.7 Å². The topological polar surface area (TPSA) is 96.4 Å². The molecule has 2 amide bonds. The average molecular weight is 561 g/mol. The van der Waals surface area contributed by atoms with E-state index in [9.17, 15) is 19.5 Å². The fourth-order valence-electron chi connectivity index (χ4n) is 7.13. The molecule has 0 saturated carbocycles. The number of carbonyl (C=O) groups excluding carboxylic acids is 3. The lowest BCUT2D eigenvalue weighted by Crippen LogP contribution is -2.56. The number of amides is 2. The van der Waals surface area contributed by atoms with E-state index in [2.05, 4.69) is 13.2 Å². The van der Waals surface area contributed by atoms with Gasteiger partial charge in [-0.3, -0.25) is 14.4 Å². The average Bonchev–Trinajstić information content (AvgIpc) is 3.54. The summed E-state index contributed by atoms with van der Waals surface area (Å²) in [5.74, 6) is -2.56. The summed E-state index contributed by atoms with van der Waals surface area (Å²) >= 11 is 0. The molecule has 5 rings (SSSR count). The van der Waals surface area contributed by atoms with Crippen LogP contribution >= 0.6 is 0 Å². The molecule has 2 unspecified atom stereocenters. The van der Waals surface area contributed by atoms with Crippen LogP contribution in [0.4, 0.5) is 5.69 Å². The van der Waals surface area contributed by atoms with Gasteiger partial charge in [0.05, 0.1) is 18.1 Å². The number of ether oxygens (including phenoxy) is 2. The molecular formula is C33H40N2O6. The van der Waals surface area contributed by atoms with Gasteiger partial charge in [0.25, 0.3) is 5.91 Å². The van der Waals surface area contributed by atoms with Gasteiger partial charge in [0.2, 0.25) is 5.91 Å². The first-order valence-electron chi connectivity index (χ1n) is 14.6. The Morgan fingerprint density at radius 2 is 1.90 bits per heavy atom. The van der Waals surface area contributed by atoms with Crippen molar-refractivity contribution in [2.75, 3.05) is 31.2 Å². The molecule has 3 saturated heterocycles. The van der Waals surface area contributed by atoms with Crippen LogP contribution in [0.15, 0.2) is 67.8 Å². The molecule has 3 aliphatic heterocycles. The van der Waals surface area contributed by atoms with Gasteiger partial charge in [-0.2, -0.15) is 0 Å². The Morgan fingerprint density at radius 3 is 2.63 bits per heavy atom. The number of rotatable bonds is 13. The zero-order valence-electron chi connectivity index (χ0n) is 23.8. The first kappa shape index (κ1) is 29.0. The van der Waals surface area contributed by atoms with Crippen molar-refractivity contribution < 1.29 is 29.0 Å². The van der Waals surface area contributed by atoms with Gasteiger partial charge in [-0.25, -0.2) is 0 Å². The van der Waals surface area contributed by atoms with Gasteiger partial charge in [0.15, 0.2) is 0 Å². The number of hydrogen-bond donors (Lipinski definition) is 1. The van der Waals surface area contributed by atoms with Crippen LogP contribution in [0.5, 0.6) is 0 Å². The highest BCUT2D eigenvalue weighted by Gasteiger charge is 2.78. The van der Waals surface area contributed by atoms with Crippen molar-refractivity contribution >= 4 is 34.2 Å². The predicted octanol–water partition coefficient (Wildman–Crippen LogP) is 4.41. The van der Waals surface area contributed by atoms with Crippen molar-refractivity contribution in [3.05, 3.63) is 67.8 Å². The maximum atomic E-state index is 14.6. The zero-order chi connectivity index (χ0) is 29.2. The van der Waals surface area contributed by atoms with Crippen molar-refractivity contribution in [1.82, 2.24) is 4.90 Å². The summed E-state index contributed by atoms with van der Waals surface area (Å²) in [4.78, 5) is 45.6. The monoisotopic (exact) mass is 560 g/mol. The molecule has 2 aromatic rings. The molecule has 3 fully saturated rings. The Hall–Kier alpha value is -3.49. The molecule has 2 bridgehead atoms. The van der Waals surface area contributed by atoms with Crippen LogP contribution in [0, 0.1) is 11.8 Å². The molecule has 3 heterocycles. The molecule has 1 N–H and O–H groups in total. The fourth-order valence-corrected chi connectivity index (χ4v) is 7.13. The summed E-state index contributed by atoms with van der Waals surface area (Å²) in [6, 6.07) is 12.9. The third-order valence-corrected chi connectivity index (χ3v) is 8.99. The Morgan fingerprint density at radius 1 is 1.12 bits per heavy atom. The van der Waals surface area contributed by atoms with Crippen LogP contribution in [0.2, 0.25) is 0 Å². The molecule has 8 nitrogen and oxygen atoms in total. The number of allylic oxidation sites excluding steroid dienone is 1. The number of hydrogen-bond acceptors (Lipinski definition) is 6. The van der Waals surface area contributed by atoms with Crippen LogP contribution < -0.4 is 4.90 Å². The first-order chi connectivity index (χ1) is 19.8. The van der Waals surface area contributed by atoms with Gasteiger partial charge < -0.3 is 24.4 Å². The van der Waals surface area contributed by atoms with E-state index in [0.29, 0.717) is 37.8 Å². The second kappa shape index (κ2) is 11.8. The number of anilines is 1. The van der Waals surface area contributed by atoms with Crippen LogP contribution in [0.1, 0.15) is 45.4 Å². The quantitative estimate of drug-likeness (QED) is 0.222. The van der Waals surface area contributed by atoms with E-state index in [1.54, 1.807) is 22.0 Å². The number of carbonyl (C=O) groups is 3. The Labute approximate surface area is 241 Å². The molecule has 3 aliphatic rings. The summed E-state index contributed by atoms with van der Waals surface area (Å²) in [6.45, 7) is 10.2. The lowest BCUT2D eigenvalue weighted by atomic mass is 9.66. The molecule has 8 heteroatoms. The van der Waals surface area contributed by atoms with Crippen LogP contribution in [-0.4, -0.2) is 71.3 Å². The van der Waals surface area contributed by atoms with E-state index in [1.165, 1.54) is 0 Å². The molecule has 1 spiro atoms. The zero-order valence-corrected chi connectivity index (χ0v) is 23.8. The van der Waals surface area contributed by atoms with E-state index in [0.717, 1.165) is 17.2 Å². The molecule has 5 atom stereocenters. The van der Waals surface area contributed by atoms with Gasteiger partial charge >= 0.3 is 5.97 Å². The van der Waals surface area contributed by atoms with E-state index >= 15 is 0 Å². The van der Waals surface area contributed by atoms with Gasteiger partial charge in [-0.1, -0.05) is 42.5 Å². The van der Waals surface area contributed by atoms with Crippen molar-refractivity contribution in [2.24, 2.45) is 11.8 Å². The fraction of sp³-hybridized carbons (Fsp3) is 0.485. The van der Waals surface area contributed by atoms with E-state index in [-0.39, 0.29) is 38.1 Å². The lowest BCUT2D eigenvalue weighted by molar-refractivity contribution is -0.159. The lowest BCUT2D eigenvalue weighted by Gasteiger charge is -2.37. The molecule has 0 aromatic heterocycles. The Kier molecular flexibility index (Phi) is 8.34. The third kappa shape index (κ3) is 4.97. The molecule has 218 valence electrons. The summed E-state index contributed by atoms with van der Waals surface area (Å²) in [5.41, 5.74) is -1.32. The minimum absolute atomic E-state index is 0.0108. The highest BCUT2D eigenvalue weighted by atomic mass is 16.6. The number of fused-ring (bicyclic) bond motifs is 2. The number of esters is 1. The van der Waals surface area contributed by atoms with E-state index in [1.807, 2.05) is 49.4 Å². The summed E-state index contributed by atoms with van der Waals surface area (Å²) in [6.07, 6.45) is 6.89.